The van der Waals surface area contributed by atoms with Gasteiger partial charge in [-0.15, -0.1) is 0 Å². The molecular formula is C15H12ClNS. The summed E-state index contributed by atoms with van der Waals surface area (Å²) in [5.74, 6) is 0. The normalized spacial score (nSPS) is 10.1. The van der Waals surface area contributed by atoms with E-state index in [0.29, 0.717) is 11.4 Å². The highest BCUT2D eigenvalue weighted by Gasteiger charge is 2.05. The van der Waals surface area contributed by atoms with Gasteiger partial charge in [-0.25, -0.2) is 0 Å². The predicted molar refractivity (Wildman–Crippen MR) is 76.1 cm³/mol. The molecule has 0 bridgehead atoms. The Morgan fingerprint density at radius 3 is 2.78 bits per heavy atom. The summed E-state index contributed by atoms with van der Waals surface area (Å²) in [6.45, 7) is 2.07. The van der Waals surface area contributed by atoms with Crippen molar-refractivity contribution < 1.29 is 0 Å². The van der Waals surface area contributed by atoms with Crippen LogP contribution in [0.25, 0.3) is 0 Å². The smallest absolute Gasteiger partial charge is 0.0670 e. The number of nitriles is 1. The van der Waals surface area contributed by atoms with E-state index in [2.05, 4.69) is 31.2 Å². The first-order valence-electron chi connectivity index (χ1n) is 5.59. The SMILES string of the molecule is Cc1cccc(Sc2ccc(Cl)cc2CC#N)c1. The van der Waals surface area contributed by atoms with E-state index in [-0.39, 0.29) is 0 Å². The molecule has 0 fully saturated rings. The van der Waals surface area contributed by atoms with Gasteiger partial charge in [0.25, 0.3) is 0 Å². The quantitative estimate of drug-likeness (QED) is 0.797. The molecule has 0 atom stereocenters. The summed E-state index contributed by atoms with van der Waals surface area (Å²) in [5.41, 5.74) is 2.22. The minimum absolute atomic E-state index is 0.384. The second-order valence-electron chi connectivity index (χ2n) is 4.01. The van der Waals surface area contributed by atoms with E-state index in [1.165, 1.54) is 10.5 Å². The van der Waals surface area contributed by atoms with Crippen LogP contribution >= 0.6 is 23.4 Å². The lowest BCUT2D eigenvalue weighted by molar-refractivity contribution is 1.18. The standard InChI is InChI=1S/C15H12ClNS/c1-11-3-2-4-14(9-11)18-15-6-5-13(16)10-12(15)7-8-17/h2-6,9-10H,7H2,1H3. The van der Waals surface area contributed by atoms with Crippen molar-refractivity contribution in [3.63, 3.8) is 0 Å². The van der Waals surface area contributed by atoms with Gasteiger partial charge >= 0.3 is 0 Å². The zero-order chi connectivity index (χ0) is 13.0. The van der Waals surface area contributed by atoms with Gasteiger partial charge in [-0.3, -0.25) is 0 Å². The molecule has 0 heterocycles. The third kappa shape index (κ3) is 3.29. The number of halogens is 1. The average molecular weight is 274 g/mol. The summed E-state index contributed by atoms with van der Waals surface area (Å²) >= 11 is 7.63. The maximum atomic E-state index is 8.84. The van der Waals surface area contributed by atoms with E-state index >= 15 is 0 Å². The molecule has 3 heteroatoms. The van der Waals surface area contributed by atoms with Crippen molar-refractivity contribution in [3.8, 4) is 6.07 Å². The third-order valence-electron chi connectivity index (χ3n) is 2.51. The van der Waals surface area contributed by atoms with Crippen LogP contribution in [0.15, 0.2) is 52.3 Å². The van der Waals surface area contributed by atoms with Crippen LogP contribution in [0.4, 0.5) is 0 Å². The molecule has 0 unspecified atom stereocenters. The van der Waals surface area contributed by atoms with Gasteiger partial charge in [0.05, 0.1) is 12.5 Å². The lowest BCUT2D eigenvalue weighted by Gasteiger charge is -2.07. The van der Waals surface area contributed by atoms with E-state index in [4.69, 9.17) is 16.9 Å². The molecule has 0 radical (unpaired) electrons. The molecule has 0 spiro atoms. The van der Waals surface area contributed by atoms with Crippen molar-refractivity contribution in [2.45, 2.75) is 23.1 Å². The minimum atomic E-state index is 0.384. The van der Waals surface area contributed by atoms with Crippen LogP contribution in [0.1, 0.15) is 11.1 Å². The molecule has 0 saturated heterocycles. The number of hydrogen-bond acceptors (Lipinski definition) is 2. The Balaban J connectivity index is 2.31. The van der Waals surface area contributed by atoms with Crippen molar-refractivity contribution in [1.29, 1.82) is 5.26 Å². The van der Waals surface area contributed by atoms with E-state index in [1.54, 1.807) is 11.8 Å². The molecule has 90 valence electrons. The molecule has 2 aromatic carbocycles. The Labute approximate surface area is 116 Å². The van der Waals surface area contributed by atoms with Gasteiger partial charge in [0.1, 0.15) is 0 Å². The van der Waals surface area contributed by atoms with Gasteiger partial charge in [0.2, 0.25) is 0 Å². The molecule has 2 rings (SSSR count). The lowest BCUT2D eigenvalue weighted by Crippen LogP contribution is -1.86. The van der Waals surface area contributed by atoms with Crippen LogP contribution in [0.2, 0.25) is 5.02 Å². The van der Waals surface area contributed by atoms with Crippen LogP contribution in [0.5, 0.6) is 0 Å². The Kier molecular flexibility index (Phi) is 4.30. The number of rotatable bonds is 3. The van der Waals surface area contributed by atoms with Gasteiger partial charge in [-0.1, -0.05) is 41.1 Å². The number of hydrogen-bond donors (Lipinski definition) is 0. The maximum Gasteiger partial charge on any atom is 0.0670 e. The highest BCUT2D eigenvalue weighted by Crippen LogP contribution is 2.32. The van der Waals surface area contributed by atoms with Crippen molar-refractivity contribution in [2.24, 2.45) is 0 Å². The second-order valence-corrected chi connectivity index (χ2v) is 5.56. The zero-order valence-corrected chi connectivity index (χ0v) is 11.6. The van der Waals surface area contributed by atoms with Crippen LogP contribution in [-0.4, -0.2) is 0 Å². The lowest BCUT2D eigenvalue weighted by atomic mass is 10.2. The van der Waals surface area contributed by atoms with Crippen LogP contribution in [-0.2, 0) is 6.42 Å². The molecule has 0 aliphatic heterocycles. The first kappa shape index (κ1) is 13.0. The monoisotopic (exact) mass is 273 g/mol. The summed E-state index contributed by atoms with van der Waals surface area (Å²) < 4.78 is 0. The number of benzene rings is 2. The Morgan fingerprint density at radius 1 is 1.22 bits per heavy atom. The molecular weight excluding hydrogens is 262 g/mol. The number of aryl methyl sites for hydroxylation is 1. The van der Waals surface area contributed by atoms with E-state index < -0.39 is 0 Å². The third-order valence-corrected chi connectivity index (χ3v) is 3.85. The Hall–Kier alpha value is -1.43. The fraction of sp³-hybridized carbons (Fsp3) is 0.133. The van der Waals surface area contributed by atoms with Crippen molar-refractivity contribution in [3.05, 3.63) is 58.6 Å². The molecule has 0 aromatic heterocycles. The number of nitrogens with zero attached hydrogens (tertiary/aromatic N) is 1. The summed E-state index contributed by atoms with van der Waals surface area (Å²) in [6, 6.07) is 16.2. The predicted octanol–water partition coefficient (Wildman–Crippen LogP) is 4.87. The fourth-order valence-corrected chi connectivity index (χ4v) is 2.92. The average Bonchev–Trinajstić information content (AvgIpc) is 2.33. The minimum Gasteiger partial charge on any atom is -0.198 e. The maximum absolute atomic E-state index is 8.84. The summed E-state index contributed by atoms with van der Waals surface area (Å²) in [5, 5.41) is 9.52. The molecule has 0 N–H and O–H groups in total. The van der Waals surface area contributed by atoms with Crippen LogP contribution in [0.3, 0.4) is 0 Å². The van der Waals surface area contributed by atoms with Crippen molar-refractivity contribution >= 4 is 23.4 Å². The second kappa shape index (κ2) is 5.95. The molecule has 0 aliphatic carbocycles. The topological polar surface area (TPSA) is 23.8 Å². The highest BCUT2D eigenvalue weighted by molar-refractivity contribution is 7.99. The summed E-state index contributed by atoms with van der Waals surface area (Å²) in [6.07, 6.45) is 0.384. The Bertz CT molecular complexity index is 602. The molecule has 18 heavy (non-hydrogen) atoms. The van der Waals surface area contributed by atoms with E-state index in [1.807, 2.05) is 24.3 Å². The van der Waals surface area contributed by atoms with Crippen LogP contribution < -0.4 is 0 Å². The van der Waals surface area contributed by atoms with Gasteiger partial charge in [0.15, 0.2) is 0 Å². The van der Waals surface area contributed by atoms with Gasteiger partial charge in [-0.2, -0.15) is 5.26 Å². The highest BCUT2D eigenvalue weighted by atomic mass is 35.5. The Morgan fingerprint density at radius 2 is 2.06 bits per heavy atom. The summed E-state index contributed by atoms with van der Waals surface area (Å²) in [7, 11) is 0. The van der Waals surface area contributed by atoms with Crippen molar-refractivity contribution in [2.75, 3.05) is 0 Å². The molecule has 2 aromatic rings. The molecule has 0 aliphatic rings. The molecule has 1 nitrogen and oxygen atoms in total. The van der Waals surface area contributed by atoms with Gasteiger partial charge in [0, 0.05) is 14.8 Å². The summed E-state index contributed by atoms with van der Waals surface area (Å²) in [4.78, 5) is 2.27. The first-order chi connectivity index (χ1) is 8.69. The van der Waals surface area contributed by atoms with Gasteiger partial charge < -0.3 is 0 Å². The largest absolute Gasteiger partial charge is 0.198 e. The van der Waals surface area contributed by atoms with Gasteiger partial charge in [-0.05, 0) is 42.8 Å². The molecule has 0 amide bonds. The van der Waals surface area contributed by atoms with E-state index in [9.17, 15) is 0 Å². The first-order valence-corrected chi connectivity index (χ1v) is 6.78. The fourth-order valence-electron chi connectivity index (χ4n) is 1.68. The zero-order valence-electron chi connectivity index (χ0n) is 9.98. The van der Waals surface area contributed by atoms with E-state index in [0.717, 1.165) is 10.5 Å². The molecule has 0 saturated carbocycles. The van der Waals surface area contributed by atoms with Crippen LogP contribution in [0, 0.1) is 18.3 Å². The van der Waals surface area contributed by atoms with Crippen molar-refractivity contribution in [1.82, 2.24) is 0 Å².